The molecule has 1 heterocycles. The van der Waals surface area contributed by atoms with Gasteiger partial charge in [-0.05, 0) is 25.0 Å². The van der Waals surface area contributed by atoms with Crippen molar-refractivity contribution in [1.82, 2.24) is 10.1 Å². The molecule has 1 amide bonds. The van der Waals surface area contributed by atoms with Crippen LogP contribution in [0.25, 0.3) is 11.4 Å². The Kier molecular flexibility index (Phi) is 7.21. The number of nitrogens with zero attached hydrogens (tertiary/aromatic N) is 4. The van der Waals surface area contributed by atoms with Crippen LogP contribution in [0.3, 0.4) is 0 Å². The summed E-state index contributed by atoms with van der Waals surface area (Å²) >= 11 is 0. The molecule has 0 saturated heterocycles. The number of benzene rings is 1. The van der Waals surface area contributed by atoms with Gasteiger partial charge >= 0.3 is 18.9 Å². The fraction of sp³-hybridized carbons (Fsp3) is 0.211. The topological polar surface area (TPSA) is 92.7 Å². The van der Waals surface area contributed by atoms with Crippen LogP contribution in [0.5, 0.6) is 0 Å². The predicted octanol–water partition coefficient (Wildman–Crippen LogP) is 0.0951. The van der Waals surface area contributed by atoms with Crippen LogP contribution in [-0.4, -0.2) is 34.8 Å². The molecule has 0 radical (unpaired) electrons. The first kappa shape index (κ1) is 21.5. The van der Waals surface area contributed by atoms with Crippen LogP contribution < -0.4 is 24.2 Å². The number of rotatable bonds is 7. The summed E-state index contributed by atoms with van der Waals surface area (Å²) < 4.78 is 18.2. The van der Waals surface area contributed by atoms with Gasteiger partial charge in [0.15, 0.2) is 0 Å². The van der Waals surface area contributed by atoms with Gasteiger partial charge in [-0.3, -0.25) is 6.20 Å². The van der Waals surface area contributed by atoms with Gasteiger partial charge in [-0.15, -0.1) is 5.57 Å². The smallest absolute Gasteiger partial charge is 0.566 e. The van der Waals surface area contributed by atoms with Crippen molar-refractivity contribution in [2.75, 3.05) is 5.32 Å². The summed E-state index contributed by atoms with van der Waals surface area (Å²) in [7, 11) is 0. The third-order valence-corrected chi connectivity index (χ3v) is 3.87. The molecule has 0 spiro atoms. The summed E-state index contributed by atoms with van der Waals surface area (Å²) in [5, 5.41) is 6.56. The number of amides is 1. The van der Waals surface area contributed by atoms with Gasteiger partial charge in [0.2, 0.25) is 11.7 Å². The predicted molar refractivity (Wildman–Crippen MR) is 98.0 cm³/mol. The van der Waals surface area contributed by atoms with Crippen molar-refractivity contribution in [2.24, 2.45) is 9.98 Å². The van der Waals surface area contributed by atoms with Crippen molar-refractivity contribution < 1.29 is 32.6 Å². The monoisotopic (exact) mass is 371 g/mol. The van der Waals surface area contributed by atoms with E-state index in [1.54, 1.807) is 18.2 Å². The molecule has 0 aliphatic heterocycles. The first-order valence-corrected chi connectivity index (χ1v) is 8.03. The van der Waals surface area contributed by atoms with E-state index in [0.29, 0.717) is 23.5 Å². The molecule has 1 aromatic heterocycles. The number of hydrogen-bond acceptors (Lipinski definition) is 5. The molecule has 138 valence electrons. The maximum Gasteiger partial charge on any atom is 1.00 e. The van der Waals surface area contributed by atoms with E-state index in [9.17, 15) is 9.18 Å². The quantitative estimate of drug-likeness (QED) is 0.246. The van der Waals surface area contributed by atoms with Crippen LogP contribution in [0.15, 0.2) is 44.5 Å². The Morgan fingerprint density at radius 2 is 2.25 bits per heavy atom. The van der Waals surface area contributed by atoms with Crippen molar-refractivity contribution in [1.29, 1.82) is 0 Å². The van der Waals surface area contributed by atoms with Crippen LogP contribution in [0.1, 0.15) is 23.8 Å². The van der Waals surface area contributed by atoms with E-state index in [2.05, 4.69) is 31.8 Å². The van der Waals surface area contributed by atoms with Gasteiger partial charge in [0.05, 0.1) is 5.92 Å². The molecule has 1 N–H and O–H groups in total. The molecule has 7 nitrogen and oxygen atoms in total. The maximum atomic E-state index is 13.1. The van der Waals surface area contributed by atoms with Crippen LogP contribution >= 0.6 is 0 Å². The second kappa shape index (κ2) is 9.40. The van der Waals surface area contributed by atoms with Crippen LogP contribution in [0.2, 0.25) is 0 Å². The van der Waals surface area contributed by atoms with E-state index in [1.165, 1.54) is 0 Å². The fourth-order valence-corrected chi connectivity index (χ4v) is 2.24. The first-order valence-electron chi connectivity index (χ1n) is 8.03. The molecule has 2 atom stereocenters. The van der Waals surface area contributed by atoms with Gasteiger partial charge in [0.25, 0.3) is 0 Å². The number of anilines is 1. The first-order chi connectivity index (χ1) is 13.0. The largest absolute Gasteiger partial charge is 1.00 e. The average molecular weight is 371 g/mol. The minimum atomic E-state index is -0.920. The van der Waals surface area contributed by atoms with E-state index in [0.717, 1.165) is 18.0 Å². The Morgan fingerprint density at radius 3 is 2.93 bits per heavy atom. The number of nitrogens with one attached hydrogen (secondary N) is 1. The Labute approximate surface area is 173 Å². The number of hydrogen-bond donors (Lipinski definition) is 1. The van der Waals surface area contributed by atoms with Crippen LogP contribution in [-0.2, 0) is 4.79 Å². The van der Waals surface area contributed by atoms with Crippen molar-refractivity contribution in [3.63, 3.8) is 0 Å². The van der Waals surface area contributed by atoms with E-state index >= 15 is 0 Å². The summed E-state index contributed by atoms with van der Waals surface area (Å²) in [6, 6.07) is 5.25. The molecular formula is C19H15FLiN5O2-2. The Balaban J connectivity index is 0.00000280. The van der Waals surface area contributed by atoms with Crippen LogP contribution in [0, 0.1) is 20.1 Å². The Morgan fingerprint density at radius 1 is 1.50 bits per heavy atom. The SMILES string of the molecule is [CH-]=CN=[C-]N=CC(=[CH-])C(=O)Nc1cc(-c2noc([C@H]3C[C@@H]3F)n2)ccc1C.[Li+]. The standard InChI is InChI=1S/C19H15FN5O2.Li/c1-4-21-10-22-9-12(3)18(26)23-16-7-13(6-5-11(16)2)17-24-19(27-25-17)14-8-15(14)20;/h1,3-7,9,14-15H,8H2,2H3,(H,23,26);/q-3;+1/t14-,15-;/m0./s1. The fourth-order valence-electron chi connectivity index (χ4n) is 2.24. The van der Waals surface area contributed by atoms with Gasteiger partial charge in [0.1, 0.15) is 12.1 Å². The maximum absolute atomic E-state index is 13.1. The van der Waals surface area contributed by atoms with Gasteiger partial charge < -0.3 is 31.2 Å². The number of alkyl halides is 1. The van der Waals surface area contributed by atoms with Crippen LogP contribution in [0.4, 0.5) is 10.1 Å². The minimum Gasteiger partial charge on any atom is -0.566 e. The molecule has 1 aliphatic carbocycles. The van der Waals surface area contributed by atoms with E-state index < -0.39 is 12.1 Å². The molecule has 9 heteroatoms. The molecular weight excluding hydrogens is 356 g/mol. The summed E-state index contributed by atoms with van der Waals surface area (Å²) in [5.74, 6) is -0.265. The summed E-state index contributed by atoms with van der Waals surface area (Å²) in [4.78, 5) is 23.4. The summed E-state index contributed by atoms with van der Waals surface area (Å²) in [5.41, 5.74) is 1.80. The number of aromatic nitrogens is 2. The third-order valence-electron chi connectivity index (χ3n) is 3.87. The van der Waals surface area contributed by atoms with E-state index in [-0.39, 0.29) is 36.2 Å². The van der Waals surface area contributed by atoms with Crippen molar-refractivity contribution in [3.8, 4) is 11.4 Å². The molecule has 1 aromatic carbocycles. The Hall–Kier alpha value is -2.82. The molecule has 1 aliphatic rings. The Bertz CT molecular complexity index is 954. The zero-order chi connectivity index (χ0) is 19.4. The molecule has 0 unspecified atom stereocenters. The minimum absolute atomic E-state index is 0. The van der Waals surface area contributed by atoms with Crippen molar-refractivity contribution >= 4 is 24.1 Å². The number of aryl methyl sites for hydroxylation is 1. The van der Waals surface area contributed by atoms with E-state index in [4.69, 9.17) is 17.7 Å². The third kappa shape index (κ3) is 5.12. The number of aliphatic imine (C=N–C) groups is 2. The molecule has 28 heavy (non-hydrogen) atoms. The van der Waals surface area contributed by atoms with Crippen molar-refractivity contribution in [2.45, 2.75) is 25.4 Å². The molecule has 1 fully saturated rings. The number of carbonyl (C=O) groups is 1. The molecule has 3 rings (SSSR count). The average Bonchev–Trinajstić information content (AvgIpc) is 3.18. The molecule has 0 bridgehead atoms. The van der Waals surface area contributed by atoms with Gasteiger partial charge in [-0.25, -0.2) is 11.0 Å². The molecule has 1 saturated carbocycles. The van der Waals surface area contributed by atoms with Gasteiger partial charge in [0, 0.05) is 17.6 Å². The summed E-state index contributed by atoms with van der Waals surface area (Å²) in [6.45, 7) is 12.5. The zero-order valence-electron chi connectivity index (χ0n) is 15.4. The van der Waals surface area contributed by atoms with E-state index in [1.807, 2.05) is 6.92 Å². The zero-order valence-corrected chi connectivity index (χ0v) is 15.4. The van der Waals surface area contributed by atoms with Gasteiger partial charge in [-0.1, -0.05) is 23.5 Å². The van der Waals surface area contributed by atoms with Crippen molar-refractivity contribution in [3.05, 3.63) is 54.6 Å². The second-order valence-corrected chi connectivity index (χ2v) is 5.89. The second-order valence-electron chi connectivity index (χ2n) is 5.89. The summed E-state index contributed by atoms with van der Waals surface area (Å²) in [6.07, 6.45) is 3.82. The molecule has 2 aromatic rings. The normalized spacial score (nSPS) is 18.1. The van der Waals surface area contributed by atoms with Gasteiger partial charge in [-0.2, -0.15) is 4.98 Å². The number of halogens is 1. The number of carbonyl (C=O) groups excluding carboxylic acids is 1.